The van der Waals surface area contributed by atoms with E-state index in [0.29, 0.717) is 16.3 Å². The van der Waals surface area contributed by atoms with Crippen LogP contribution in [0.25, 0.3) is 10.2 Å². The second-order valence-corrected chi connectivity index (χ2v) is 7.75. The van der Waals surface area contributed by atoms with Gasteiger partial charge >= 0.3 is 0 Å². The minimum Gasteiger partial charge on any atom is -0.454 e. The van der Waals surface area contributed by atoms with Crippen LogP contribution in [-0.2, 0) is 17.1 Å². The summed E-state index contributed by atoms with van der Waals surface area (Å²) in [6.45, 7) is 0.173. The average Bonchev–Trinajstić information content (AvgIpc) is 3.10. The largest absolute Gasteiger partial charge is 0.454 e. The van der Waals surface area contributed by atoms with Crippen molar-refractivity contribution in [3.05, 3.63) is 47.0 Å². The van der Waals surface area contributed by atoms with Gasteiger partial charge in [-0.05, 0) is 24.3 Å². The van der Waals surface area contributed by atoms with Gasteiger partial charge in [0.1, 0.15) is 5.82 Å². The molecule has 4 rings (SSSR count). The fourth-order valence-electron chi connectivity index (χ4n) is 2.37. The first-order valence-electron chi connectivity index (χ1n) is 6.90. The standard InChI is InChI=1S/C15H11FN2O4S2/c1-18-11-6-12-13(22-8-21-12)7-14(11)23-15(18)17-24(19,20)10-4-2-9(16)3-5-10/h2-7H,8H2,1H3/b17-15-. The Labute approximate surface area is 140 Å². The van der Waals surface area contributed by atoms with Gasteiger partial charge in [0.15, 0.2) is 11.5 Å². The van der Waals surface area contributed by atoms with Gasteiger partial charge in [-0.2, -0.15) is 8.42 Å². The zero-order valence-corrected chi connectivity index (χ0v) is 14.0. The van der Waals surface area contributed by atoms with Crippen molar-refractivity contribution >= 4 is 31.6 Å². The van der Waals surface area contributed by atoms with Crippen molar-refractivity contribution in [2.75, 3.05) is 6.79 Å². The van der Waals surface area contributed by atoms with Crippen molar-refractivity contribution in [3.63, 3.8) is 0 Å². The lowest BCUT2D eigenvalue weighted by molar-refractivity contribution is 0.174. The van der Waals surface area contributed by atoms with Gasteiger partial charge in [-0.3, -0.25) is 0 Å². The van der Waals surface area contributed by atoms with Crippen LogP contribution < -0.4 is 14.3 Å². The Hall–Kier alpha value is -2.39. The summed E-state index contributed by atoms with van der Waals surface area (Å²) in [4.78, 5) is 0.244. The second-order valence-electron chi connectivity index (χ2n) is 5.14. The SMILES string of the molecule is Cn1/c(=N/S(=O)(=O)c2ccc(F)cc2)sc2cc3c(cc21)OCO3. The van der Waals surface area contributed by atoms with Crippen LogP contribution in [0.4, 0.5) is 4.39 Å². The number of aromatic nitrogens is 1. The number of fused-ring (bicyclic) bond motifs is 2. The number of halogens is 1. The molecule has 6 nitrogen and oxygen atoms in total. The van der Waals surface area contributed by atoms with Gasteiger partial charge in [0.05, 0.1) is 15.1 Å². The number of thiazole rings is 1. The molecule has 0 fully saturated rings. The Morgan fingerprint density at radius 3 is 2.54 bits per heavy atom. The maximum Gasteiger partial charge on any atom is 0.285 e. The van der Waals surface area contributed by atoms with Crippen LogP contribution in [0.5, 0.6) is 11.5 Å². The summed E-state index contributed by atoms with van der Waals surface area (Å²) in [7, 11) is -2.20. The quantitative estimate of drug-likeness (QED) is 0.698. The second kappa shape index (κ2) is 5.32. The molecule has 0 N–H and O–H groups in total. The summed E-state index contributed by atoms with van der Waals surface area (Å²) in [5.74, 6) is 0.733. The first-order valence-corrected chi connectivity index (χ1v) is 9.15. The Morgan fingerprint density at radius 2 is 1.83 bits per heavy atom. The molecule has 0 atom stereocenters. The van der Waals surface area contributed by atoms with Crippen LogP contribution in [0.2, 0.25) is 0 Å². The summed E-state index contributed by atoms with van der Waals surface area (Å²) in [6, 6.07) is 8.15. The molecule has 2 heterocycles. The number of ether oxygens (including phenoxy) is 2. The van der Waals surface area contributed by atoms with Crippen molar-refractivity contribution in [2.24, 2.45) is 11.4 Å². The lowest BCUT2D eigenvalue weighted by Gasteiger charge is -1.99. The number of hydrogen-bond acceptors (Lipinski definition) is 5. The maximum absolute atomic E-state index is 13.0. The number of rotatable bonds is 2. The highest BCUT2D eigenvalue weighted by Crippen LogP contribution is 2.36. The molecule has 0 saturated carbocycles. The molecule has 0 saturated heterocycles. The lowest BCUT2D eigenvalue weighted by Crippen LogP contribution is -2.13. The molecule has 0 radical (unpaired) electrons. The first kappa shape index (κ1) is 15.2. The molecular weight excluding hydrogens is 355 g/mol. The van der Waals surface area contributed by atoms with Crippen LogP contribution >= 0.6 is 11.3 Å². The number of hydrogen-bond donors (Lipinski definition) is 0. The summed E-state index contributed by atoms with van der Waals surface area (Å²) >= 11 is 1.22. The molecule has 24 heavy (non-hydrogen) atoms. The van der Waals surface area contributed by atoms with Crippen LogP contribution in [0.3, 0.4) is 0 Å². The summed E-state index contributed by atoms with van der Waals surface area (Å²) in [6.07, 6.45) is 0. The summed E-state index contributed by atoms with van der Waals surface area (Å²) < 4.78 is 54.8. The van der Waals surface area contributed by atoms with Crippen molar-refractivity contribution in [3.8, 4) is 11.5 Å². The molecule has 0 unspecified atom stereocenters. The van der Waals surface area contributed by atoms with E-state index in [1.165, 1.54) is 23.5 Å². The normalized spacial score (nSPS) is 14.5. The van der Waals surface area contributed by atoms with Gasteiger partial charge in [-0.1, -0.05) is 11.3 Å². The summed E-state index contributed by atoms with van der Waals surface area (Å²) in [5.41, 5.74) is 0.789. The van der Waals surface area contributed by atoms with E-state index in [2.05, 4.69) is 4.40 Å². The van der Waals surface area contributed by atoms with Crippen LogP contribution in [-0.4, -0.2) is 19.8 Å². The van der Waals surface area contributed by atoms with Gasteiger partial charge in [-0.15, -0.1) is 4.40 Å². The Bertz CT molecular complexity index is 1110. The van der Waals surface area contributed by atoms with Crippen molar-refractivity contribution in [1.82, 2.24) is 4.57 Å². The van der Waals surface area contributed by atoms with E-state index in [0.717, 1.165) is 22.3 Å². The molecule has 1 aromatic heterocycles. The predicted octanol–water partition coefficient (Wildman–Crippen LogP) is 2.40. The van der Waals surface area contributed by atoms with E-state index in [1.807, 2.05) is 0 Å². The third kappa shape index (κ3) is 2.45. The predicted molar refractivity (Wildman–Crippen MR) is 86.1 cm³/mol. The maximum atomic E-state index is 13.0. The third-order valence-electron chi connectivity index (χ3n) is 3.61. The number of nitrogens with zero attached hydrogens (tertiary/aromatic N) is 2. The van der Waals surface area contributed by atoms with Gasteiger partial charge in [0.2, 0.25) is 11.6 Å². The topological polar surface area (TPSA) is 69.9 Å². The van der Waals surface area contributed by atoms with Gasteiger partial charge in [0.25, 0.3) is 10.0 Å². The molecule has 9 heteroatoms. The molecule has 0 aliphatic carbocycles. The Balaban J connectivity index is 1.88. The zero-order chi connectivity index (χ0) is 16.9. The number of benzene rings is 2. The van der Waals surface area contributed by atoms with Crippen molar-refractivity contribution in [2.45, 2.75) is 4.90 Å². The van der Waals surface area contributed by atoms with Gasteiger partial charge in [0, 0.05) is 19.2 Å². The van der Waals surface area contributed by atoms with E-state index >= 15 is 0 Å². The minimum absolute atomic E-state index is 0.0597. The van der Waals surface area contributed by atoms with E-state index in [4.69, 9.17) is 9.47 Å². The van der Waals surface area contributed by atoms with E-state index in [9.17, 15) is 12.8 Å². The zero-order valence-electron chi connectivity index (χ0n) is 12.4. The molecule has 124 valence electrons. The molecule has 0 bridgehead atoms. The first-order chi connectivity index (χ1) is 11.4. The molecule has 0 spiro atoms. The van der Waals surface area contributed by atoms with Crippen molar-refractivity contribution in [1.29, 1.82) is 0 Å². The Kier molecular flexibility index (Phi) is 3.36. The molecule has 0 amide bonds. The van der Waals surface area contributed by atoms with Crippen molar-refractivity contribution < 1.29 is 22.3 Å². The molecular formula is C15H11FN2O4S2. The summed E-state index contributed by atoms with van der Waals surface area (Å²) in [5, 5.41) is 0. The van der Waals surface area contributed by atoms with Crippen LogP contribution in [0.15, 0.2) is 45.7 Å². The number of sulfonamides is 1. The van der Waals surface area contributed by atoms with Crippen LogP contribution in [0, 0.1) is 5.82 Å². The number of aryl methyl sites for hydroxylation is 1. The monoisotopic (exact) mass is 366 g/mol. The van der Waals surface area contributed by atoms with Gasteiger partial charge in [-0.25, -0.2) is 4.39 Å². The highest BCUT2D eigenvalue weighted by Gasteiger charge is 2.18. The fraction of sp³-hybridized carbons (Fsp3) is 0.133. The highest BCUT2D eigenvalue weighted by atomic mass is 32.2. The van der Waals surface area contributed by atoms with E-state index < -0.39 is 15.8 Å². The fourth-order valence-corrected chi connectivity index (χ4v) is 4.62. The van der Waals surface area contributed by atoms with E-state index in [1.54, 1.807) is 23.7 Å². The average molecular weight is 366 g/mol. The molecule has 3 aromatic rings. The third-order valence-corrected chi connectivity index (χ3v) is 6.10. The Morgan fingerprint density at radius 1 is 1.17 bits per heavy atom. The van der Waals surface area contributed by atoms with E-state index in [-0.39, 0.29) is 11.7 Å². The molecule has 1 aliphatic rings. The highest BCUT2D eigenvalue weighted by molar-refractivity contribution is 7.90. The smallest absolute Gasteiger partial charge is 0.285 e. The molecule has 1 aliphatic heterocycles. The minimum atomic E-state index is -3.93. The van der Waals surface area contributed by atoms with Crippen LogP contribution in [0.1, 0.15) is 0 Å². The van der Waals surface area contributed by atoms with Gasteiger partial charge < -0.3 is 14.0 Å². The lowest BCUT2D eigenvalue weighted by atomic mass is 10.3. The molecule has 2 aromatic carbocycles.